The summed E-state index contributed by atoms with van der Waals surface area (Å²) in [7, 11) is 2.03. The predicted molar refractivity (Wildman–Crippen MR) is 90.6 cm³/mol. The molecule has 114 valence electrons. The Labute approximate surface area is 131 Å². The Kier molecular flexibility index (Phi) is 4.28. The number of amides is 2. The van der Waals surface area contributed by atoms with Gasteiger partial charge >= 0.3 is 6.03 Å². The van der Waals surface area contributed by atoms with Gasteiger partial charge in [-0.1, -0.05) is 36.4 Å². The van der Waals surface area contributed by atoms with Crippen LogP contribution in [0.15, 0.2) is 54.6 Å². The summed E-state index contributed by atoms with van der Waals surface area (Å²) in [6, 6.07) is 18.3. The number of urea groups is 1. The molecule has 0 aromatic heterocycles. The Morgan fingerprint density at radius 2 is 1.86 bits per heavy atom. The fourth-order valence-electron chi connectivity index (χ4n) is 2.79. The van der Waals surface area contributed by atoms with E-state index in [4.69, 9.17) is 0 Å². The van der Waals surface area contributed by atoms with E-state index >= 15 is 0 Å². The first-order chi connectivity index (χ1) is 10.8. The van der Waals surface area contributed by atoms with Crippen LogP contribution in [0.25, 0.3) is 0 Å². The van der Waals surface area contributed by atoms with E-state index in [0.29, 0.717) is 6.54 Å². The molecule has 0 saturated carbocycles. The average molecular weight is 295 g/mol. The average Bonchev–Trinajstić information content (AvgIpc) is 2.99. The lowest BCUT2D eigenvalue weighted by atomic mass is 10.2. The number of fused-ring (bicyclic) bond motifs is 1. The minimum Gasteiger partial charge on any atom is -0.373 e. The van der Waals surface area contributed by atoms with Crippen LogP contribution in [-0.2, 0) is 6.42 Å². The number of hydrogen-bond donors (Lipinski definition) is 1. The topological polar surface area (TPSA) is 35.6 Å². The normalized spacial score (nSPS) is 12.9. The SMILES string of the molecule is CN(CCNC(=O)N1CCc2ccccc21)c1ccccc1. The molecule has 1 heterocycles. The van der Waals surface area contributed by atoms with Crippen molar-refractivity contribution in [3.63, 3.8) is 0 Å². The summed E-state index contributed by atoms with van der Waals surface area (Å²) in [6.07, 6.45) is 0.938. The van der Waals surface area contributed by atoms with Gasteiger partial charge in [0.15, 0.2) is 0 Å². The summed E-state index contributed by atoms with van der Waals surface area (Å²) in [5.74, 6) is 0. The molecule has 2 aromatic rings. The molecule has 0 radical (unpaired) electrons. The van der Waals surface area contributed by atoms with Crippen LogP contribution in [0.1, 0.15) is 5.56 Å². The third-order valence-electron chi connectivity index (χ3n) is 4.05. The predicted octanol–water partition coefficient (Wildman–Crippen LogP) is 2.90. The number of hydrogen-bond acceptors (Lipinski definition) is 2. The van der Waals surface area contributed by atoms with Gasteiger partial charge in [-0.15, -0.1) is 0 Å². The van der Waals surface area contributed by atoms with Gasteiger partial charge in [0.05, 0.1) is 0 Å². The third kappa shape index (κ3) is 3.06. The molecule has 4 nitrogen and oxygen atoms in total. The molecule has 1 aliphatic heterocycles. The lowest BCUT2D eigenvalue weighted by Gasteiger charge is -2.22. The van der Waals surface area contributed by atoms with Crippen LogP contribution in [0.5, 0.6) is 0 Å². The maximum atomic E-state index is 12.3. The van der Waals surface area contributed by atoms with E-state index in [0.717, 1.165) is 30.9 Å². The smallest absolute Gasteiger partial charge is 0.321 e. The van der Waals surface area contributed by atoms with Crippen molar-refractivity contribution in [2.75, 3.05) is 36.5 Å². The number of nitrogens with one attached hydrogen (secondary N) is 1. The summed E-state index contributed by atoms with van der Waals surface area (Å²) < 4.78 is 0. The number of rotatable bonds is 4. The lowest BCUT2D eigenvalue weighted by Crippen LogP contribution is -2.42. The second-order valence-corrected chi connectivity index (χ2v) is 5.52. The van der Waals surface area contributed by atoms with Crippen molar-refractivity contribution in [1.29, 1.82) is 0 Å². The van der Waals surface area contributed by atoms with Gasteiger partial charge in [0.25, 0.3) is 0 Å². The molecule has 1 aliphatic rings. The maximum absolute atomic E-state index is 12.3. The molecule has 3 rings (SSSR count). The van der Waals surface area contributed by atoms with Crippen LogP contribution in [-0.4, -0.2) is 32.7 Å². The summed E-state index contributed by atoms with van der Waals surface area (Å²) in [5, 5.41) is 3.01. The van der Waals surface area contributed by atoms with Gasteiger partial charge in [-0.05, 0) is 30.2 Å². The quantitative estimate of drug-likeness (QED) is 0.941. The van der Waals surface area contributed by atoms with E-state index in [2.05, 4.69) is 28.4 Å². The largest absolute Gasteiger partial charge is 0.373 e. The van der Waals surface area contributed by atoms with Gasteiger partial charge in [-0.2, -0.15) is 0 Å². The molecule has 0 aliphatic carbocycles. The highest BCUT2D eigenvalue weighted by atomic mass is 16.2. The van der Waals surface area contributed by atoms with Crippen molar-refractivity contribution in [2.45, 2.75) is 6.42 Å². The molecule has 0 unspecified atom stereocenters. The Bertz CT molecular complexity index is 642. The standard InChI is InChI=1S/C18H21N3O/c1-20(16-8-3-2-4-9-16)14-12-19-18(22)21-13-11-15-7-5-6-10-17(15)21/h2-10H,11-14H2,1H3,(H,19,22). The summed E-state index contributed by atoms with van der Waals surface area (Å²) in [4.78, 5) is 16.3. The van der Waals surface area contributed by atoms with Gasteiger partial charge in [-0.25, -0.2) is 4.79 Å². The first-order valence-corrected chi connectivity index (χ1v) is 7.65. The molecular formula is C18H21N3O. The molecule has 2 aromatic carbocycles. The van der Waals surface area contributed by atoms with Crippen LogP contribution in [0.4, 0.5) is 16.2 Å². The monoisotopic (exact) mass is 295 g/mol. The van der Waals surface area contributed by atoms with Crippen LogP contribution in [0, 0.1) is 0 Å². The molecule has 4 heteroatoms. The van der Waals surface area contributed by atoms with E-state index in [9.17, 15) is 4.79 Å². The van der Waals surface area contributed by atoms with Gasteiger partial charge in [0.1, 0.15) is 0 Å². The molecule has 0 saturated heterocycles. The zero-order chi connectivity index (χ0) is 15.4. The van der Waals surface area contributed by atoms with Crippen molar-refractivity contribution in [3.8, 4) is 0 Å². The second-order valence-electron chi connectivity index (χ2n) is 5.52. The van der Waals surface area contributed by atoms with Crippen molar-refractivity contribution >= 4 is 17.4 Å². The highest BCUT2D eigenvalue weighted by Gasteiger charge is 2.23. The van der Waals surface area contributed by atoms with Gasteiger partial charge in [-0.3, -0.25) is 4.90 Å². The van der Waals surface area contributed by atoms with Gasteiger partial charge < -0.3 is 10.2 Å². The molecule has 1 N–H and O–H groups in total. The zero-order valence-corrected chi connectivity index (χ0v) is 12.8. The molecule has 0 spiro atoms. The van der Waals surface area contributed by atoms with Gasteiger partial charge in [0.2, 0.25) is 0 Å². The Morgan fingerprint density at radius 3 is 2.68 bits per heavy atom. The van der Waals surface area contributed by atoms with E-state index < -0.39 is 0 Å². The minimum absolute atomic E-state index is 0.00795. The van der Waals surface area contributed by atoms with Crippen molar-refractivity contribution in [2.24, 2.45) is 0 Å². The number of benzene rings is 2. The molecule has 0 atom stereocenters. The number of carbonyl (C=O) groups is 1. The highest BCUT2D eigenvalue weighted by molar-refractivity contribution is 5.94. The van der Waals surface area contributed by atoms with Crippen LogP contribution in [0.2, 0.25) is 0 Å². The van der Waals surface area contributed by atoms with Crippen LogP contribution < -0.4 is 15.1 Å². The van der Waals surface area contributed by atoms with Crippen molar-refractivity contribution in [1.82, 2.24) is 5.32 Å². The summed E-state index contributed by atoms with van der Waals surface area (Å²) in [5.41, 5.74) is 3.44. The van der Waals surface area contributed by atoms with Crippen molar-refractivity contribution < 1.29 is 4.79 Å². The number of nitrogens with zero attached hydrogens (tertiary/aromatic N) is 2. The summed E-state index contributed by atoms with van der Waals surface area (Å²) >= 11 is 0. The van der Waals surface area contributed by atoms with Gasteiger partial charge in [0, 0.05) is 38.1 Å². The first-order valence-electron chi connectivity index (χ1n) is 7.65. The van der Waals surface area contributed by atoms with E-state index in [1.807, 2.05) is 48.3 Å². The number of anilines is 2. The molecule has 0 fully saturated rings. The van der Waals surface area contributed by atoms with E-state index in [1.54, 1.807) is 0 Å². The fourth-order valence-corrected chi connectivity index (χ4v) is 2.79. The zero-order valence-electron chi connectivity index (χ0n) is 12.8. The molecular weight excluding hydrogens is 274 g/mol. The summed E-state index contributed by atoms with van der Waals surface area (Å²) in [6.45, 7) is 2.17. The Morgan fingerprint density at radius 1 is 1.14 bits per heavy atom. The molecule has 22 heavy (non-hydrogen) atoms. The van der Waals surface area contributed by atoms with Crippen molar-refractivity contribution in [3.05, 3.63) is 60.2 Å². The highest BCUT2D eigenvalue weighted by Crippen LogP contribution is 2.27. The lowest BCUT2D eigenvalue weighted by molar-refractivity contribution is 0.247. The van der Waals surface area contributed by atoms with Crippen LogP contribution in [0.3, 0.4) is 0 Å². The molecule has 2 amide bonds. The van der Waals surface area contributed by atoms with E-state index in [1.165, 1.54) is 5.56 Å². The Hall–Kier alpha value is -2.49. The van der Waals surface area contributed by atoms with E-state index in [-0.39, 0.29) is 6.03 Å². The third-order valence-corrected chi connectivity index (χ3v) is 4.05. The Balaban J connectivity index is 1.51. The fraction of sp³-hybridized carbons (Fsp3) is 0.278. The first kappa shape index (κ1) is 14.4. The maximum Gasteiger partial charge on any atom is 0.321 e. The number of carbonyl (C=O) groups excluding carboxylic acids is 1. The minimum atomic E-state index is -0.00795. The second kappa shape index (κ2) is 6.52. The number of likely N-dealkylation sites (N-methyl/N-ethyl adjacent to an activating group) is 1. The number of para-hydroxylation sites is 2. The van der Waals surface area contributed by atoms with Crippen LogP contribution >= 0.6 is 0 Å². The molecule has 0 bridgehead atoms.